The van der Waals surface area contributed by atoms with Crippen molar-refractivity contribution >= 4 is 17.6 Å². The Hall–Kier alpha value is -2.91. The van der Waals surface area contributed by atoms with Gasteiger partial charge in [0.1, 0.15) is 11.5 Å². The lowest BCUT2D eigenvalue weighted by Gasteiger charge is -2.34. The highest BCUT2D eigenvalue weighted by Gasteiger charge is 2.25. The Kier molecular flexibility index (Phi) is 6.62. The molecule has 1 aliphatic rings. The van der Waals surface area contributed by atoms with E-state index in [9.17, 15) is 9.59 Å². The molecule has 0 radical (unpaired) electrons. The molecule has 2 N–H and O–H groups in total. The van der Waals surface area contributed by atoms with Crippen molar-refractivity contribution in [3.8, 4) is 5.75 Å². The number of aromatic nitrogens is 1. The molecule has 28 heavy (non-hydrogen) atoms. The molecule has 0 aliphatic carbocycles. The smallest absolute Gasteiger partial charge is 0.314 e. The molecule has 1 atom stereocenters. The molecule has 9 heteroatoms. The Morgan fingerprint density at radius 2 is 1.93 bits per heavy atom. The highest BCUT2D eigenvalue weighted by molar-refractivity contribution is 6.39. The quantitative estimate of drug-likeness (QED) is 0.714. The molecular formula is C19H24N4O5. The second-order valence-corrected chi connectivity index (χ2v) is 6.42. The molecule has 1 aromatic carbocycles. The van der Waals surface area contributed by atoms with E-state index in [1.165, 1.54) is 0 Å². The van der Waals surface area contributed by atoms with Crippen molar-refractivity contribution in [2.45, 2.75) is 13.0 Å². The SMILES string of the molecule is COc1ccc([C@@H](CNC(=O)C(=O)Nc2cc(C)on2)N2CCOCC2)cc1. The van der Waals surface area contributed by atoms with Gasteiger partial charge in [-0.05, 0) is 24.6 Å². The van der Waals surface area contributed by atoms with Gasteiger partial charge >= 0.3 is 11.8 Å². The molecule has 9 nitrogen and oxygen atoms in total. The van der Waals surface area contributed by atoms with E-state index in [-0.39, 0.29) is 18.4 Å². The Morgan fingerprint density at radius 1 is 1.21 bits per heavy atom. The standard InChI is InChI=1S/C19H24N4O5/c1-13-11-17(22-28-13)21-19(25)18(24)20-12-16(23-7-9-27-10-8-23)14-3-5-15(26-2)6-4-14/h3-6,11,16H,7-10,12H2,1-2H3,(H,20,24)(H,21,22,25)/t16-/m1/s1. The van der Waals surface area contributed by atoms with E-state index in [2.05, 4.69) is 20.7 Å². The predicted molar refractivity (Wildman–Crippen MR) is 101 cm³/mol. The minimum absolute atomic E-state index is 0.0825. The molecular weight excluding hydrogens is 364 g/mol. The van der Waals surface area contributed by atoms with Gasteiger partial charge in [-0.15, -0.1) is 0 Å². The molecule has 0 spiro atoms. The van der Waals surface area contributed by atoms with Crippen molar-refractivity contribution in [3.63, 3.8) is 0 Å². The summed E-state index contributed by atoms with van der Waals surface area (Å²) in [5.74, 6) is -0.00731. The van der Waals surface area contributed by atoms with Gasteiger partial charge in [0.2, 0.25) is 0 Å². The van der Waals surface area contributed by atoms with Gasteiger partial charge in [0.25, 0.3) is 0 Å². The molecule has 0 unspecified atom stereocenters. The molecule has 2 aromatic rings. The third kappa shape index (κ3) is 5.08. The average molecular weight is 388 g/mol. The predicted octanol–water partition coefficient (Wildman–Crippen LogP) is 1.12. The summed E-state index contributed by atoms with van der Waals surface area (Å²) in [6.07, 6.45) is 0. The summed E-state index contributed by atoms with van der Waals surface area (Å²) in [5.41, 5.74) is 1.02. The Morgan fingerprint density at radius 3 is 2.54 bits per heavy atom. The van der Waals surface area contributed by atoms with Gasteiger partial charge in [-0.3, -0.25) is 19.8 Å². The molecule has 1 saturated heterocycles. The number of anilines is 1. The summed E-state index contributed by atoms with van der Waals surface area (Å²) in [6, 6.07) is 9.14. The first-order chi connectivity index (χ1) is 13.6. The van der Waals surface area contributed by atoms with Crippen LogP contribution in [0.4, 0.5) is 5.82 Å². The van der Waals surface area contributed by atoms with Crippen LogP contribution in [0.15, 0.2) is 34.9 Å². The summed E-state index contributed by atoms with van der Waals surface area (Å²) in [5, 5.41) is 8.78. The van der Waals surface area contributed by atoms with E-state index in [0.29, 0.717) is 19.0 Å². The van der Waals surface area contributed by atoms with Crippen LogP contribution < -0.4 is 15.4 Å². The van der Waals surface area contributed by atoms with Gasteiger partial charge in [-0.25, -0.2) is 0 Å². The zero-order valence-electron chi connectivity index (χ0n) is 15.9. The van der Waals surface area contributed by atoms with Crippen LogP contribution in [0.2, 0.25) is 0 Å². The number of amides is 2. The number of ether oxygens (including phenoxy) is 2. The number of nitrogens with one attached hydrogen (secondary N) is 2. The van der Waals surface area contributed by atoms with Crippen molar-refractivity contribution in [2.75, 3.05) is 45.3 Å². The summed E-state index contributed by atoms with van der Waals surface area (Å²) in [6.45, 7) is 4.74. The number of nitrogens with zero attached hydrogens (tertiary/aromatic N) is 2. The topological polar surface area (TPSA) is 106 Å². The monoisotopic (exact) mass is 388 g/mol. The molecule has 1 aromatic heterocycles. The van der Waals surface area contributed by atoms with Crippen molar-refractivity contribution < 1.29 is 23.6 Å². The zero-order valence-corrected chi connectivity index (χ0v) is 15.9. The molecule has 0 saturated carbocycles. The van der Waals surface area contributed by atoms with Gasteiger partial charge in [0.05, 0.1) is 26.4 Å². The number of aryl methyl sites for hydroxylation is 1. The molecule has 3 rings (SSSR count). The van der Waals surface area contributed by atoms with Gasteiger partial charge in [-0.1, -0.05) is 17.3 Å². The van der Waals surface area contributed by atoms with Crippen molar-refractivity contribution in [1.82, 2.24) is 15.4 Å². The van der Waals surface area contributed by atoms with E-state index in [1.54, 1.807) is 20.1 Å². The summed E-state index contributed by atoms with van der Waals surface area (Å²) in [4.78, 5) is 26.5. The van der Waals surface area contributed by atoms with E-state index in [0.717, 1.165) is 24.4 Å². The van der Waals surface area contributed by atoms with Gasteiger partial charge in [0.15, 0.2) is 5.82 Å². The van der Waals surface area contributed by atoms with Crippen LogP contribution in [0.5, 0.6) is 5.75 Å². The maximum atomic E-state index is 12.2. The third-order valence-electron chi connectivity index (χ3n) is 4.52. The number of carbonyl (C=O) groups excluding carboxylic acids is 2. The number of morpholine rings is 1. The fourth-order valence-corrected chi connectivity index (χ4v) is 3.04. The van der Waals surface area contributed by atoms with Crippen LogP contribution in [0.25, 0.3) is 0 Å². The first-order valence-corrected chi connectivity index (χ1v) is 9.05. The van der Waals surface area contributed by atoms with Crippen LogP contribution in [-0.2, 0) is 14.3 Å². The molecule has 2 amide bonds. The summed E-state index contributed by atoms with van der Waals surface area (Å²) < 4.78 is 15.5. The number of hydrogen-bond acceptors (Lipinski definition) is 7. The molecule has 150 valence electrons. The maximum absolute atomic E-state index is 12.2. The lowest BCUT2D eigenvalue weighted by Crippen LogP contribution is -2.45. The van der Waals surface area contributed by atoms with Crippen LogP contribution in [0.3, 0.4) is 0 Å². The lowest BCUT2D eigenvalue weighted by molar-refractivity contribution is -0.136. The van der Waals surface area contributed by atoms with E-state index >= 15 is 0 Å². The Balaban J connectivity index is 1.64. The normalized spacial score (nSPS) is 15.6. The Labute approximate surface area is 163 Å². The van der Waals surface area contributed by atoms with Crippen LogP contribution in [0.1, 0.15) is 17.4 Å². The average Bonchev–Trinajstić information content (AvgIpc) is 3.13. The second-order valence-electron chi connectivity index (χ2n) is 6.42. The number of methoxy groups -OCH3 is 1. The summed E-state index contributed by atoms with van der Waals surface area (Å²) >= 11 is 0. The highest BCUT2D eigenvalue weighted by atomic mass is 16.5. The van der Waals surface area contributed by atoms with Gasteiger partial charge in [-0.2, -0.15) is 0 Å². The first-order valence-electron chi connectivity index (χ1n) is 9.05. The third-order valence-corrected chi connectivity index (χ3v) is 4.52. The van der Waals surface area contributed by atoms with Gasteiger partial charge in [0, 0.05) is 25.7 Å². The Bertz CT molecular complexity index is 799. The zero-order chi connectivity index (χ0) is 19.9. The van der Waals surface area contributed by atoms with Crippen molar-refractivity contribution in [1.29, 1.82) is 0 Å². The van der Waals surface area contributed by atoms with Crippen molar-refractivity contribution in [3.05, 3.63) is 41.7 Å². The molecule has 0 bridgehead atoms. The number of hydrogen-bond donors (Lipinski definition) is 2. The largest absolute Gasteiger partial charge is 0.497 e. The minimum atomic E-state index is -0.788. The van der Waals surface area contributed by atoms with Crippen molar-refractivity contribution in [2.24, 2.45) is 0 Å². The number of rotatable bonds is 6. The fraction of sp³-hybridized carbons (Fsp3) is 0.421. The van der Waals surface area contributed by atoms with Crippen LogP contribution in [-0.4, -0.2) is 61.8 Å². The highest BCUT2D eigenvalue weighted by Crippen LogP contribution is 2.23. The minimum Gasteiger partial charge on any atom is -0.497 e. The van der Waals surface area contributed by atoms with Crippen LogP contribution >= 0.6 is 0 Å². The van der Waals surface area contributed by atoms with Gasteiger partial charge < -0.3 is 19.3 Å². The number of carbonyl (C=O) groups is 2. The van der Waals surface area contributed by atoms with E-state index < -0.39 is 11.8 Å². The summed E-state index contributed by atoms with van der Waals surface area (Å²) in [7, 11) is 1.61. The fourth-order valence-electron chi connectivity index (χ4n) is 3.04. The van der Waals surface area contributed by atoms with E-state index in [4.69, 9.17) is 14.0 Å². The number of benzene rings is 1. The second kappa shape index (κ2) is 9.34. The first kappa shape index (κ1) is 19.8. The van der Waals surface area contributed by atoms with Crippen LogP contribution in [0, 0.1) is 6.92 Å². The molecule has 2 heterocycles. The maximum Gasteiger partial charge on any atom is 0.314 e. The molecule has 1 aliphatic heterocycles. The molecule has 1 fully saturated rings. The van der Waals surface area contributed by atoms with E-state index in [1.807, 2.05) is 24.3 Å². The lowest BCUT2D eigenvalue weighted by atomic mass is 10.0.